The number of sulfonamides is 1. The van der Waals surface area contributed by atoms with Gasteiger partial charge >= 0.3 is 0 Å². The number of anilines is 1. The van der Waals surface area contributed by atoms with Gasteiger partial charge in [0.15, 0.2) is 0 Å². The Bertz CT molecular complexity index is 731. The van der Waals surface area contributed by atoms with Crippen molar-refractivity contribution in [3.63, 3.8) is 0 Å². The van der Waals surface area contributed by atoms with Gasteiger partial charge in [-0.1, -0.05) is 13.3 Å². The summed E-state index contributed by atoms with van der Waals surface area (Å²) < 4.78 is 25.6. The van der Waals surface area contributed by atoms with Crippen LogP contribution >= 0.6 is 0 Å². The molecule has 1 unspecified atom stereocenters. The Morgan fingerprint density at radius 2 is 1.88 bits per heavy atom. The number of hydrogen-bond donors (Lipinski definition) is 2. The maximum atomic E-state index is 12.8. The van der Waals surface area contributed by atoms with Gasteiger partial charge in [-0.15, -0.1) is 0 Å². The smallest absolute Gasteiger partial charge is 0.254 e. The largest absolute Gasteiger partial charge is 0.354 e. The lowest BCUT2D eigenvalue weighted by molar-refractivity contribution is -0.124. The van der Waals surface area contributed by atoms with Crippen LogP contribution in [0.1, 0.15) is 49.9 Å². The minimum Gasteiger partial charge on any atom is -0.354 e. The Hall–Kier alpha value is -2.09. The third-order valence-corrected chi connectivity index (χ3v) is 5.74. The van der Waals surface area contributed by atoms with Gasteiger partial charge in [0.25, 0.3) is 5.91 Å². The van der Waals surface area contributed by atoms with E-state index in [9.17, 15) is 18.0 Å². The number of benzene rings is 1. The molecule has 26 heavy (non-hydrogen) atoms. The molecule has 1 heterocycles. The summed E-state index contributed by atoms with van der Waals surface area (Å²) in [5.74, 6) is -0.323. The standard InChI is InChI=1S/C18H27N3O4S/c1-3-5-12-19-17(22)16-7-6-13-21(16)18(23)14-8-10-15(11-9-14)20-26(24,25)4-2/h8-11,16,20H,3-7,12-13H2,1-2H3,(H,19,22). The van der Waals surface area contributed by atoms with Gasteiger partial charge in [-0.2, -0.15) is 0 Å². The van der Waals surface area contributed by atoms with Gasteiger partial charge in [0.05, 0.1) is 5.75 Å². The highest BCUT2D eigenvalue weighted by Crippen LogP contribution is 2.21. The van der Waals surface area contributed by atoms with E-state index < -0.39 is 16.1 Å². The summed E-state index contributed by atoms with van der Waals surface area (Å²) in [6.07, 6.45) is 3.38. The average molecular weight is 381 g/mol. The summed E-state index contributed by atoms with van der Waals surface area (Å²) in [7, 11) is -3.35. The SMILES string of the molecule is CCCCNC(=O)C1CCCN1C(=O)c1ccc(NS(=O)(=O)CC)cc1. The summed E-state index contributed by atoms with van der Waals surface area (Å²) in [5.41, 5.74) is 0.858. The maximum absolute atomic E-state index is 12.8. The first-order valence-corrected chi connectivity index (χ1v) is 10.7. The van der Waals surface area contributed by atoms with Crippen molar-refractivity contribution in [2.45, 2.75) is 45.6 Å². The fourth-order valence-electron chi connectivity index (χ4n) is 2.89. The predicted molar refractivity (Wildman–Crippen MR) is 102 cm³/mol. The highest BCUT2D eigenvalue weighted by molar-refractivity contribution is 7.92. The number of carbonyl (C=O) groups is 2. The second kappa shape index (κ2) is 9.02. The van der Waals surface area contributed by atoms with Crippen LogP contribution in [0.5, 0.6) is 0 Å². The fraction of sp³-hybridized carbons (Fsp3) is 0.556. The third kappa shape index (κ3) is 5.20. The summed E-state index contributed by atoms with van der Waals surface area (Å²) in [5, 5.41) is 2.89. The molecular weight excluding hydrogens is 354 g/mol. The molecule has 0 saturated carbocycles. The lowest BCUT2D eigenvalue weighted by atomic mass is 10.1. The topological polar surface area (TPSA) is 95.6 Å². The van der Waals surface area contributed by atoms with Crippen molar-refractivity contribution < 1.29 is 18.0 Å². The predicted octanol–water partition coefficient (Wildman–Crippen LogP) is 1.97. The zero-order valence-electron chi connectivity index (χ0n) is 15.3. The van der Waals surface area contributed by atoms with Crippen LogP contribution < -0.4 is 10.0 Å². The van der Waals surface area contributed by atoms with Crippen LogP contribution in [0.4, 0.5) is 5.69 Å². The molecule has 144 valence electrons. The number of nitrogens with zero attached hydrogens (tertiary/aromatic N) is 1. The number of unbranched alkanes of at least 4 members (excludes halogenated alkanes) is 1. The second-order valence-corrected chi connectivity index (χ2v) is 8.39. The van der Waals surface area contributed by atoms with E-state index >= 15 is 0 Å². The molecule has 8 heteroatoms. The Kier molecular flexibility index (Phi) is 7.02. The van der Waals surface area contributed by atoms with Crippen LogP contribution in [0.2, 0.25) is 0 Å². The van der Waals surface area contributed by atoms with E-state index in [-0.39, 0.29) is 17.6 Å². The molecule has 1 saturated heterocycles. The molecule has 1 fully saturated rings. The second-order valence-electron chi connectivity index (χ2n) is 6.38. The van der Waals surface area contributed by atoms with E-state index in [1.807, 2.05) is 0 Å². The van der Waals surface area contributed by atoms with Crippen LogP contribution in [0.3, 0.4) is 0 Å². The molecule has 1 aliphatic heterocycles. The van der Waals surface area contributed by atoms with Gasteiger partial charge in [0.1, 0.15) is 6.04 Å². The average Bonchev–Trinajstić information content (AvgIpc) is 3.11. The molecule has 1 aromatic rings. The van der Waals surface area contributed by atoms with E-state index in [0.29, 0.717) is 30.8 Å². The first-order chi connectivity index (χ1) is 12.4. The van der Waals surface area contributed by atoms with Gasteiger partial charge in [-0.25, -0.2) is 8.42 Å². The molecule has 1 atom stereocenters. The molecule has 2 amide bonds. The first kappa shape index (κ1) is 20.2. The zero-order chi connectivity index (χ0) is 19.2. The summed E-state index contributed by atoms with van der Waals surface area (Å²) in [6, 6.07) is 5.86. The van der Waals surface area contributed by atoms with Gasteiger partial charge < -0.3 is 10.2 Å². The summed E-state index contributed by atoms with van der Waals surface area (Å²) in [4.78, 5) is 26.7. The molecule has 0 aromatic heterocycles. The van der Waals surface area contributed by atoms with Crippen molar-refractivity contribution in [2.75, 3.05) is 23.6 Å². The summed E-state index contributed by atoms with van der Waals surface area (Å²) >= 11 is 0. The molecular formula is C18H27N3O4S. The van der Waals surface area contributed by atoms with Crippen LogP contribution in [0.15, 0.2) is 24.3 Å². The number of carbonyl (C=O) groups excluding carboxylic acids is 2. The minimum atomic E-state index is -3.35. The lowest BCUT2D eigenvalue weighted by Crippen LogP contribution is -2.46. The van der Waals surface area contributed by atoms with Crippen LogP contribution in [-0.2, 0) is 14.8 Å². The Labute approximate surface area is 155 Å². The van der Waals surface area contributed by atoms with Crippen LogP contribution in [-0.4, -0.2) is 50.0 Å². The normalized spacial score (nSPS) is 17.2. The zero-order valence-corrected chi connectivity index (χ0v) is 16.1. The molecule has 0 aliphatic carbocycles. The molecule has 0 spiro atoms. The van der Waals surface area contributed by atoms with Crippen LogP contribution in [0, 0.1) is 0 Å². The molecule has 0 radical (unpaired) electrons. The van der Waals surface area contributed by atoms with E-state index in [4.69, 9.17) is 0 Å². The number of hydrogen-bond acceptors (Lipinski definition) is 4. The Morgan fingerprint density at radius 1 is 1.19 bits per heavy atom. The van der Waals surface area contributed by atoms with E-state index in [1.165, 1.54) is 0 Å². The highest BCUT2D eigenvalue weighted by Gasteiger charge is 2.34. The van der Waals surface area contributed by atoms with Gasteiger partial charge in [0, 0.05) is 24.3 Å². The lowest BCUT2D eigenvalue weighted by Gasteiger charge is -2.24. The molecule has 7 nitrogen and oxygen atoms in total. The van der Waals surface area contributed by atoms with Gasteiger partial charge in [0.2, 0.25) is 15.9 Å². The molecule has 2 N–H and O–H groups in total. The van der Waals surface area contributed by atoms with E-state index in [1.54, 1.807) is 36.1 Å². The highest BCUT2D eigenvalue weighted by atomic mass is 32.2. The number of likely N-dealkylation sites (tertiary alicyclic amines) is 1. The molecule has 0 bridgehead atoms. The van der Waals surface area contributed by atoms with Crippen molar-refractivity contribution >= 4 is 27.5 Å². The van der Waals surface area contributed by atoms with E-state index in [0.717, 1.165) is 19.3 Å². The molecule has 1 aliphatic rings. The molecule has 1 aromatic carbocycles. The maximum Gasteiger partial charge on any atom is 0.254 e. The number of amides is 2. The quantitative estimate of drug-likeness (QED) is 0.673. The van der Waals surface area contributed by atoms with Crippen molar-refractivity contribution in [3.8, 4) is 0 Å². The van der Waals surface area contributed by atoms with Crippen molar-refractivity contribution in [3.05, 3.63) is 29.8 Å². The number of rotatable bonds is 8. The Morgan fingerprint density at radius 3 is 2.50 bits per heavy atom. The summed E-state index contributed by atoms with van der Waals surface area (Å²) in [6.45, 7) is 4.79. The number of nitrogens with one attached hydrogen (secondary N) is 2. The fourth-order valence-corrected chi connectivity index (χ4v) is 3.53. The third-order valence-electron chi connectivity index (χ3n) is 4.43. The van der Waals surface area contributed by atoms with Crippen molar-refractivity contribution in [1.29, 1.82) is 0 Å². The monoisotopic (exact) mass is 381 g/mol. The van der Waals surface area contributed by atoms with Crippen LogP contribution in [0.25, 0.3) is 0 Å². The Balaban J connectivity index is 2.04. The van der Waals surface area contributed by atoms with E-state index in [2.05, 4.69) is 17.0 Å². The minimum absolute atomic E-state index is 0.0176. The van der Waals surface area contributed by atoms with Gasteiger partial charge in [-0.05, 0) is 50.5 Å². The van der Waals surface area contributed by atoms with Gasteiger partial charge in [-0.3, -0.25) is 14.3 Å². The van der Waals surface area contributed by atoms with Crippen molar-refractivity contribution in [1.82, 2.24) is 10.2 Å². The first-order valence-electron chi connectivity index (χ1n) is 9.07. The molecule has 2 rings (SSSR count). The van der Waals surface area contributed by atoms with Crippen molar-refractivity contribution in [2.24, 2.45) is 0 Å².